The van der Waals surface area contributed by atoms with E-state index in [9.17, 15) is 14.9 Å². The van der Waals surface area contributed by atoms with Crippen molar-refractivity contribution in [2.75, 3.05) is 5.73 Å². The third kappa shape index (κ3) is 3.30. The van der Waals surface area contributed by atoms with E-state index < -0.39 is 22.6 Å². The van der Waals surface area contributed by atoms with Gasteiger partial charge in [0.25, 0.3) is 11.6 Å². The van der Waals surface area contributed by atoms with E-state index in [4.69, 9.17) is 5.73 Å². The first-order valence-electron chi connectivity index (χ1n) is 6.10. The molecule has 2 aromatic rings. The second kappa shape index (κ2) is 5.95. The van der Waals surface area contributed by atoms with E-state index in [1.54, 1.807) is 31.3 Å². The smallest absolute Gasteiger partial charge is 0.300 e. The normalized spacial score (nSPS) is 11.7. The number of hydrogen-bond acceptors (Lipinski definition) is 6. The summed E-state index contributed by atoms with van der Waals surface area (Å²) in [5.74, 6) is -0.565. The van der Waals surface area contributed by atoms with Crippen molar-refractivity contribution in [2.45, 2.75) is 13.0 Å². The van der Waals surface area contributed by atoms with Gasteiger partial charge in [-0.05, 0) is 25.1 Å². The maximum Gasteiger partial charge on any atom is 0.300 e. The Morgan fingerprint density at radius 1 is 1.43 bits per heavy atom. The fourth-order valence-electron chi connectivity index (χ4n) is 1.77. The first-order valence-corrected chi connectivity index (χ1v) is 6.10. The largest absolute Gasteiger partial charge is 0.384 e. The lowest BCUT2D eigenvalue weighted by molar-refractivity contribution is -0.385. The summed E-state index contributed by atoms with van der Waals surface area (Å²) in [6.45, 7) is 1.73. The van der Waals surface area contributed by atoms with Crippen molar-refractivity contribution in [2.24, 2.45) is 0 Å². The summed E-state index contributed by atoms with van der Waals surface area (Å²) >= 11 is 0. The van der Waals surface area contributed by atoms with Crippen LogP contribution in [0.15, 0.2) is 36.7 Å². The summed E-state index contributed by atoms with van der Waals surface area (Å²) in [5.41, 5.74) is 5.61. The minimum absolute atomic E-state index is 0.0382. The molecule has 108 valence electrons. The zero-order chi connectivity index (χ0) is 15.4. The first-order chi connectivity index (χ1) is 9.99. The van der Waals surface area contributed by atoms with Gasteiger partial charge in [-0.15, -0.1) is 0 Å². The quantitative estimate of drug-likeness (QED) is 0.648. The molecule has 1 unspecified atom stereocenters. The minimum atomic E-state index is -0.674. The molecule has 0 saturated carbocycles. The molecular weight excluding hydrogens is 274 g/mol. The molecule has 2 rings (SSSR count). The van der Waals surface area contributed by atoms with Gasteiger partial charge in [0.1, 0.15) is 17.6 Å². The standard InChI is InChI=1S/C13H13N5O3/c1-8(10-4-2-3-5-15-10)17-13(19)9-6-12(14)16-7-11(9)18(20)21/h2-8H,1H3,(H2,14,16)(H,17,19). The van der Waals surface area contributed by atoms with E-state index in [1.807, 2.05) is 0 Å². The molecule has 0 spiro atoms. The molecule has 3 N–H and O–H groups in total. The molecule has 8 nitrogen and oxygen atoms in total. The van der Waals surface area contributed by atoms with Gasteiger partial charge in [-0.1, -0.05) is 6.07 Å². The highest BCUT2D eigenvalue weighted by Crippen LogP contribution is 2.20. The lowest BCUT2D eigenvalue weighted by atomic mass is 10.1. The predicted molar refractivity (Wildman–Crippen MR) is 75.4 cm³/mol. The molecule has 8 heteroatoms. The highest BCUT2D eigenvalue weighted by atomic mass is 16.6. The van der Waals surface area contributed by atoms with Gasteiger partial charge in [0.15, 0.2) is 0 Å². The van der Waals surface area contributed by atoms with Gasteiger partial charge in [-0.3, -0.25) is 19.9 Å². The number of nitrogens with two attached hydrogens (primary N) is 1. The van der Waals surface area contributed by atoms with Crippen LogP contribution < -0.4 is 11.1 Å². The number of nitrogens with one attached hydrogen (secondary N) is 1. The molecule has 2 heterocycles. The summed E-state index contributed by atoms with van der Waals surface area (Å²) in [7, 11) is 0. The van der Waals surface area contributed by atoms with Crippen LogP contribution in [0.1, 0.15) is 29.0 Å². The molecule has 21 heavy (non-hydrogen) atoms. The summed E-state index contributed by atoms with van der Waals surface area (Å²) in [5, 5.41) is 13.6. The number of hydrogen-bond donors (Lipinski definition) is 2. The van der Waals surface area contributed by atoms with E-state index >= 15 is 0 Å². The number of nitro groups is 1. The molecule has 0 aromatic carbocycles. The van der Waals surface area contributed by atoms with E-state index in [2.05, 4.69) is 15.3 Å². The van der Waals surface area contributed by atoms with Gasteiger partial charge in [0.05, 0.1) is 16.7 Å². The van der Waals surface area contributed by atoms with Gasteiger partial charge in [-0.2, -0.15) is 0 Å². The Balaban J connectivity index is 2.25. The van der Waals surface area contributed by atoms with Crippen LogP contribution in [0.25, 0.3) is 0 Å². The van der Waals surface area contributed by atoms with Crippen LogP contribution in [-0.4, -0.2) is 20.8 Å². The van der Waals surface area contributed by atoms with Crippen molar-refractivity contribution in [1.82, 2.24) is 15.3 Å². The van der Waals surface area contributed by atoms with Crippen LogP contribution in [-0.2, 0) is 0 Å². The monoisotopic (exact) mass is 287 g/mol. The third-order valence-corrected chi connectivity index (χ3v) is 2.82. The van der Waals surface area contributed by atoms with Crippen LogP contribution in [0.4, 0.5) is 11.5 Å². The van der Waals surface area contributed by atoms with Gasteiger partial charge < -0.3 is 11.1 Å². The summed E-state index contributed by atoms with van der Waals surface area (Å²) in [6, 6.07) is 6.08. The van der Waals surface area contributed by atoms with Crippen LogP contribution in [0.5, 0.6) is 0 Å². The number of anilines is 1. The van der Waals surface area contributed by atoms with Crippen molar-refractivity contribution < 1.29 is 9.72 Å². The number of amides is 1. The first kappa shape index (κ1) is 14.4. The molecule has 0 radical (unpaired) electrons. The molecule has 2 aromatic heterocycles. The number of nitrogen functional groups attached to an aromatic ring is 1. The molecule has 0 aliphatic heterocycles. The van der Waals surface area contributed by atoms with Crippen molar-refractivity contribution in [1.29, 1.82) is 0 Å². The zero-order valence-electron chi connectivity index (χ0n) is 11.2. The van der Waals surface area contributed by atoms with E-state index in [1.165, 1.54) is 6.07 Å². The predicted octanol–water partition coefficient (Wildman–Crippen LogP) is 1.46. The molecular formula is C13H13N5O3. The van der Waals surface area contributed by atoms with Crippen molar-refractivity contribution >= 4 is 17.4 Å². The van der Waals surface area contributed by atoms with E-state index in [0.29, 0.717) is 5.69 Å². The maximum atomic E-state index is 12.2. The molecule has 0 saturated heterocycles. The van der Waals surface area contributed by atoms with Gasteiger partial charge in [-0.25, -0.2) is 4.98 Å². The summed E-state index contributed by atoms with van der Waals surface area (Å²) < 4.78 is 0. The van der Waals surface area contributed by atoms with Gasteiger partial charge >= 0.3 is 0 Å². The third-order valence-electron chi connectivity index (χ3n) is 2.82. The molecule has 0 fully saturated rings. The maximum absolute atomic E-state index is 12.2. The fraction of sp³-hybridized carbons (Fsp3) is 0.154. The highest BCUT2D eigenvalue weighted by Gasteiger charge is 2.22. The SMILES string of the molecule is CC(NC(=O)c1cc(N)ncc1[N+](=O)[O-])c1ccccn1. The van der Waals surface area contributed by atoms with Crippen LogP contribution >= 0.6 is 0 Å². The summed E-state index contributed by atoms with van der Waals surface area (Å²) in [6.07, 6.45) is 2.57. The lowest BCUT2D eigenvalue weighted by Crippen LogP contribution is -2.28. The topological polar surface area (TPSA) is 124 Å². The van der Waals surface area contributed by atoms with Crippen molar-refractivity contribution in [3.8, 4) is 0 Å². The molecule has 1 amide bonds. The number of rotatable bonds is 4. The van der Waals surface area contributed by atoms with Crippen molar-refractivity contribution in [3.63, 3.8) is 0 Å². The average Bonchev–Trinajstić information content (AvgIpc) is 2.47. The number of aromatic nitrogens is 2. The van der Waals surface area contributed by atoms with Gasteiger partial charge in [0, 0.05) is 6.20 Å². The number of pyridine rings is 2. The van der Waals surface area contributed by atoms with Crippen LogP contribution in [0.3, 0.4) is 0 Å². The second-order valence-corrected chi connectivity index (χ2v) is 4.33. The van der Waals surface area contributed by atoms with Crippen LogP contribution in [0, 0.1) is 10.1 Å². The second-order valence-electron chi connectivity index (χ2n) is 4.33. The van der Waals surface area contributed by atoms with E-state index in [-0.39, 0.29) is 11.4 Å². The Morgan fingerprint density at radius 2 is 2.19 bits per heavy atom. The average molecular weight is 287 g/mol. The Morgan fingerprint density at radius 3 is 2.81 bits per heavy atom. The molecule has 0 aliphatic rings. The van der Waals surface area contributed by atoms with Crippen molar-refractivity contribution in [3.05, 3.63) is 58.0 Å². The highest BCUT2D eigenvalue weighted by molar-refractivity contribution is 5.98. The van der Waals surface area contributed by atoms with Gasteiger partial charge in [0.2, 0.25) is 0 Å². The zero-order valence-corrected chi connectivity index (χ0v) is 11.2. The summed E-state index contributed by atoms with van der Waals surface area (Å²) in [4.78, 5) is 30.2. The van der Waals surface area contributed by atoms with E-state index in [0.717, 1.165) is 6.20 Å². The minimum Gasteiger partial charge on any atom is -0.384 e. The Bertz CT molecular complexity index is 675. The Hall–Kier alpha value is -3.03. The van der Waals surface area contributed by atoms with Crippen LogP contribution in [0.2, 0.25) is 0 Å². The number of carbonyl (C=O) groups is 1. The Kier molecular flexibility index (Phi) is 4.07. The lowest BCUT2D eigenvalue weighted by Gasteiger charge is -2.13. The molecule has 1 atom stereocenters. The number of carbonyl (C=O) groups excluding carboxylic acids is 1. The fourth-order valence-corrected chi connectivity index (χ4v) is 1.77. The Labute approximate surface area is 120 Å². The molecule has 0 aliphatic carbocycles. The molecule has 0 bridgehead atoms. The number of nitrogens with zero attached hydrogens (tertiary/aromatic N) is 3.